The van der Waals surface area contributed by atoms with Gasteiger partial charge >= 0.3 is 0 Å². The van der Waals surface area contributed by atoms with Crippen molar-refractivity contribution in [3.05, 3.63) is 59.7 Å². The van der Waals surface area contributed by atoms with Gasteiger partial charge in [0.15, 0.2) is 0 Å². The van der Waals surface area contributed by atoms with Crippen LogP contribution in [0.3, 0.4) is 0 Å². The summed E-state index contributed by atoms with van der Waals surface area (Å²) in [5.41, 5.74) is 1.92. The summed E-state index contributed by atoms with van der Waals surface area (Å²) in [5, 5.41) is 13.0. The molecule has 0 saturated carbocycles. The van der Waals surface area contributed by atoms with Gasteiger partial charge in [-0.15, -0.1) is 0 Å². The van der Waals surface area contributed by atoms with Crippen molar-refractivity contribution in [3.8, 4) is 11.5 Å². The molecule has 5 heteroatoms. The van der Waals surface area contributed by atoms with Gasteiger partial charge in [0, 0.05) is 18.5 Å². The van der Waals surface area contributed by atoms with Gasteiger partial charge in [0.1, 0.15) is 11.5 Å². The molecule has 1 unspecified atom stereocenters. The monoisotopic (exact) mass is 382 g/mol. The molecule has 5 nitrogen and oxygen atoms in total. The number of carbonyl (C=O) groups is 1. The van der Waals surface area contributed by atoms with Crippen molar-refractivity contribution >= 4 is 5.91 Å². The van der Waals surface area contributed by atoms with E-state index in [2.05, 4.69) is 16.3 Å². The lowest BCUT2D eigenvalue weighted by atomic mass is 10.0. The quantitative estimate of drug-likeness (QED) is 0.731. The first-order valence-electron chi connectivity index (χ1n) is 10.1. The van der Waals surface area contributed by atoms with Gasteiger partial charge in [-0.2, -0.15) is 0 Å². The third-order valence-corrected chi connectivity index (χ3v) is 5.43. The summed E-state index contributed by atoms with van der Waals surface area (Å²) in [6.45, 7) is 2.63. The molecule has 1 aliphatic rings. The van der Waals surface area contributed by atoms with Crippen LogP contribution in [-0.4, -0.2) is 42.7 Å². The Morgan fingerprint density at radius 1 is 1.11 bits per heavy atom. The molecule has 0 spiro atoms. The maximum Gasteiger partial charge on any atom is 0.220 e. The molecule has 1 aliphatic heterocycles. The SMILES string of the molecule is COc1ccccc1C(CNC(=O)CCc1ccccc1O)N1CCCCC1. The number of aromatic hydroxyl groups is 1. The Hall–Kier alpha value is -2.53. The Morgan fingerprint density at radius 3 is 2.57 bits per heavy atom. The zero-order valence-corrected chi connectivity index (χ0v) is 16.6. The summed E-state index contributed by atoms with van der Waals surface area (Å²) in [5.74, 6) is 1.11. The second kappa shape index (κ2) is 10.1. The molecule has 0 bridgehead atoms. The number of likely N-dealkylation sites (tertiary alicyclic amines) is 1. The van der Waals surface area contributed by atoms with Crippen LogP contribution >= 0.6 is 0 Å². The molecule has 1 amide bonds. The van der Waals surface area contributed by atoms with E-state index >= 15 is 0 Å². The van der Waals surface area contributed by atoms with Crippen molar-refractivity contribution in [2.45, 2.75) is 38.1 Å². The van der Waals surface area contributed by atoms with E-state index in [0.29, 0.717) is 19.4 Å². The molecule has 2 aromatic rings. The van der Waals surface area contributed by atoms with Crippen LogP contribution in [0.15, 0.2) is 48.5 Å². The molecular formula is C23H30N2O3. The summed E-state index contributed by atoms with van der Waals surface area (Å²) >= 11 is 0. The predicted octanol–water partition coefficient (Wildman–Crippen LogP) is 3.68. The van der Waals surface area contributed by atoms with E-state index in [1.807, 2.05) is 30.3 Å². The van der Waals surface area contributed by atoms with Gasteiger partial charge in [0.05, 0.1) is 13.2 Å². The zero-order valence-electron chi connectivity index (χ0n) is 16.6. The zero-order chi connectivity index (χ0) is 19.8. The van der Waals surface area contributed by atoms with Gasteiger partial charge < -0.3 is 15.2 Å². The fourth-order valence-electron chi connectivity index (χ4n) is 3.88. The Labute approximate surface area is 167 Å². The number of hydrogen-bond donors (Lipinski definition) is 2. The first kappa shape index (κ1) is 20.2. The number of nitrogens with zero attached hydrogens (tertiary/aromatic N) is 1. The van der Waals surface area contributed by atoms with E-state index in [-0.39, 0.29) is 17.7 Å². The van der Waals surface area contributed by atoms with E-state index in [0.717, 1.165) is 30.0 Å². The summed E-state index contributed by atoms with van der Waals surface area (Å²) in [6.07, 6.45) is 4.53. The molecule has 1 atom stereocenters. The number of aryl methyl sites for hydroxylation is 1. The normalized spacial score (nSPS) is 15.8. The smallest absolute Gasteiger partial charge is 0.220 e. The molecule has 150 valence electrons. The Balaban J connectivity index is 1.64. The molecule has 1 heterocycles. The number of nitrogens with one attached hydrogen (secondary N) is 1. The number of phenols is 1. The highest BCUT2D eigenvalue weighted by molar-refractivity contribution is 5.76. The van der Waals surface area contributed by atoms with Crippen LogP contribution in [0, 0.1) is 0 Å². The van der Waals surface area contributed by atoms with Crippen molar-refractivity contribution < 1.29 is 14.6 Å². The summed E-state index contributed by atoms with van der Waals surface area (Å²) in [7, 11) is 1.69. The highest BCUT2D eigenvalue weighted by Gasteiger charge is 2.25. The van der Waals surface area contributed by atoms with E-state index in [9.17, 15) is 9.90 Å². The molecule has 0 radical (unpaired) electrons. The van der Waals surface area contributed by atoms with Crippen LogP contribution < -0.4 is 10.1 Å². The van der Waals surface area contributed by atoms with Gasteiger partial charge in [0.25, 0.3) is 0 Å². The number of amides is 1. The number of hydrogen-bond acceptors (Lipinski definition) is 4. The number of benzene rings is 2. The molecule has 3 rings (SSSR count). The Kier molecular flexibility index (Phi) is 7.31. The molecule has 28 heavy (non-hydrogen) atoms. The van der Waals surface area contributed by atoms with Crippen molar-refractivity contribution in [3.63, 3.8) is 0 Å². The third-order valence-electron chi connectivity index (χ3n) is 5.43. The maximum absolute atomic E-state index is 12.5. The minimum Gasteiger partial charge on any atom is -0.508 e. The van der Waals surface area contributed by atoms with Crippen molar-refractivity contribution in [2.24, 2.45) is 0 Å². The molecule has 0 aliphatic carbocycles. The van der Waals surface area contributed by atoms with Gasteiger partial charge in [-0.3, -0.25) is 9.69 Å². The lowest BCUT2D eigenvalue weighted by Crippen LogP contribution is -2.40. The van der Waals surface area contributed by atoms with Crippen molar-refractivity contribution in [1.82, 2.24) is 10.2 Å². The van der Waals surface area contributed by atoms with E-state index in [4.69, 9.17) is 4.74 Å². The topological polar surface area (TPSA) is 61.8 Å². The fraction of sp³-hybridized carbons (Fsp3) is 0.435. The second-order valence-electron chi connectivity index (χ2n) is 7.29. The fourth-order valence-corrected chi connectivity index (χ4v) is 3.88. The standard InChI is InChI=1S/C23H30N2O3/c1-28-22-12-6-4-10-19(22)20(25-15-7-2-8-16-25)17-24-23(27)14-13-18-9-3-5-11-21(18)26/h3-6,9-12,20,26H,2,7-8,13-17H2,1H3,(H,24,27). The lowest BCUT2D eigenvalue weighted by Gasteiger charge is -2.35. The maximum atomic E-state index is 12.5. The van der Waals surface area contributed by atoms with Crippen molar-refractivity contribution in [1.29, 1.82) is 0 Å². The molecule has 2 N–H and O–H groups in total. The average Bonchev–Trinajstić information content (AvgIpc) is 2.74. The molecule has 1 saturated heterocycles. The van der Waals surface area contributed by atoms with E-state index < -0.39 is 0 Å². The summed E-state index contributed by atoms with van der Waals surface area (Å²) in [4.78, 5) is 14.9. The van der Waals surface area contributed by atoms with Crippen LogP contribution in [0.2, 0.25) is 0 Å². The van der Waals surface area contributed by atoms with Gasteiger partial charge in [-0.05, 0) is 50.0 Å². The predicted molar refractivity (Wildman–Crippen MR) is 111 cm³/mol. The van der Waals surface area contributed by atoms with Gasteiger partial charge in [-0.1, -0.05) is 42.8 Å². The minimum absolute atomic E-state index is 0.000149. The number of rotatable bonds is 8. The van der Waals surface area contributed by atoms with Crippen LogP contribution in [0.1, 0.15) is 42.9 Å². The van der Waals surface area contributed by atoms with Crippen LogP contribution in [0.25, 0.3) is 0 Å². The van der Waals surface area contributed by atoms with Crippen LogP contribution in [0.4, 0.5) is 0 Å². The number of phenolic OH excluding ortho intramolecular Hbond substituents is 1. The Morgan fingerprint density at radius 2 is 1.82 bits per heavy atom. The number of ether oxygens (including phenoxy) is 1. The number of para-hydroxylation sites is 2. The summed E-state index contributed by atoms with van der Waals surface area (Å²) < 4.78 is 5.58. The average molecular weight is 383 g/mol. The third kappa shape index (κ3) is 5.26. The molecule has 0 aromatic heterocycles. The minimum atomic E-state index is 0.000149. The van der Waals surface area contributed by atoms with Crippen LogP contribution in [-0.2, 0) is 11.2 Å². The number of piperidine rings is 1. The number of carbonyl (C=O) groups excluding carboxylic acids is 1. The van der Waals surface area contributed by atoms with Gasteiger partial charge in [-0.25, -0.2) is 0 Å². The molecular weight excluding hydrogens is 352 g/mol. The van der Waals surface area contributed by atoms with E-state index in [1.54, 1.807) is 19.2 Å². The van der Waals surface area contributed by atoms with Gasteiger partial charge in [0.2, 0.25) is 5.91 Å². The molecule has 1 fully saturated rings. The second-order valence-corrected chi connectivity index (χ2v) is 7.29. The lowest BCUT2D eigenvalue weighted by molar-refractivity contribution is -0.121. The Bertz CT molecular complexity index is 772. The highest BCUT2D eigenvalue weighted by atomic mass is 16.5. The molecule has 2 aromatic carbocycles. The first-order chi connectivity index (χ1) is 13.7. The van der Waals surface area contributed by atoms with Crippen molar-refractivity contribution in [2.75, 3.05) is 26.7 Å². The highest BCUT2D eigenvalue weighted by Crippen LogP contribution is 2.31. The largest absolute Gasteiger partial charge is 0.508 e. The first-order valence-corrected chi connectivity index (χ1v) is 10.1. The van der Waals surface area contributed by atoms with E-state index in [1.165, 1.54) is 19.3 Å². The van der Waals surface area contributed by atoms with Crippen LogP contribution in [0.5, 0.6) is 11.5 Å². The summed E-state index contributed by atoms with van der Waals surface area (Å²) in [6, 6.07) is 15.3. The number of methoxy groups -OCH3 is 1.